The Morgan fingerprint density at radius 2 is 1.89 bits per heavy atom. The highest BCUT2D eigenvalue weighted by Gasteiger charge is 2.20. The van der Waals surface area contributed by atoms with Gasteiger partial charge in [-0.2, -0.15) is 4.98 Å². The Morgan fingerprint density at radius 3 is 2.56 bits per heavy atom. The lowest BCUT2D eigenvalue weighted by molar-refractivity contribution is 0.184. The predicted molar refractivity (Wildman–Crippen MR) is 106 cm³/mol. The number of aromatic nitrogens is 5. The molecule has 3 heterocycles. The van der Waals surface area contributed by atoms with Crippen molar-refractivity contribution in [2.75, 3.05) is 13.7 Å². The van der Waals surface area contributed by atoms with Gasteiger partial charge in [0.25, 0.3) is 5.56 Å². The fraction of sp³-hybridized carbons (Fsp3) is 0.278. The minimum Gasteiger partial charge on any atom is -0.383 e. The molecule has 0 bridgehead atoms. The molecule has 9 heteroatoms. The second-order valence-corrected chi connectivity index (χ2v) is 7.24. The summed E-state index contributed by atoms with van der Waals surface area (Å²) in [5.41, 5.74) is 1.81. The first-order valence-electron chi connectivity index (χ1n) is 8.39. The molecule has 3 aromatic heterocycles. The Hall–Kier alpha value is -2.65. The summed E-state index contributed by atoms with van der Waals surface area (Å²) in [6, 6.07) is 7.82. The molecule has 0 unspecified atom stereocenters. The SMILES string of the molecule is COCCn1c(=O)c2c(nc3n(-c4ccc(Br)cc4)c(C)cn23)n(C)c1=O. The summed E-state index contributed by atoms with van der Waals surface area (Å²) in [5.74, 6) is 0.585. The van der Waals surface area contributed by atoms with Crippen molar-refractivity contribution in [3.63, 3.8) is 0 Å². The van der Waals surface area contributed by atoms with Gasteiger partial charge in [-0.05, 0) is 31.2 Å². The number of hydrogen-bond acceptors (Lipinski definition) is 4. The van der Waals surface area contributed by atoms with Gasteiger partial charge in [-0.3, -0.25) is 22.9 Å². The number of imidazole rings is 2. The molecule has 140 valence electrons. The van der Waals surface area contributed by atoms with E-state index < -0.39 is 5.69 Å². The molecule has 0 fully saturated rings. The van der Waals surface area contributed by atoms with E-state index in [9.17, 15) is 9.59 Å². The Morgan fingerprint density at radius 1 is 1.19 bits per heavy atom. The lowest BCUT2D eigenvalue weighted by Crippen LogP contribution is -2.40. The van der Waals surface area contributed by atoms with Gasteiger partial charge in [0.2, 0.25) is 5.78 Å². The van der Waals surface area contributed by atoms with Gasteiger partial charge < -0.3 is 4.74 Å². The summed E-state index contributed by atoms with van der Waals surface area (Å²) >= 11 is 3.44. The van der Waals surface area contributed by atoms with Crippen LogP contribution in [0.2, 0.25) is 0 Å². The van der Waals surface area contributed by atoms with E-state index in [2.05, 4.69) is 20.9 Å². The van der Waals surface area contributed by atoms with Crippen LogP contribution in [0.4, 0.5) is 0 Å². The molecule has 0 radical (unpaired) electrons. The highest BCUT2D eigenvalue weighted by molar-refractivity contribution is 9.10. The average molecular weight is 432 g/mol. The van der Waals surface area contributed by atoms with E-state index in [0.717, 1.165) is 15.9 Å². The zero-order valence-electron chi connectivity index (χ0n) is 15.1. The third-order valence-corrected chi connectivity index (χ3v) is 5.16. The van der Waals surface area contributed by atoms with Crippen LogP contribution in [-0.4, -0.2) is 36.8 Å². The minimum atomic E-state index is -0.405. The van der Waals surface area contributed by atoms with Crippen LogP contribution in [0.1, 0.15) is 5.69 Å². The average Bonchev–Trinajstić information content (AvgIpc) is 3.15. The van der Waals surface area contributed by atoms with E-state index in [1.807, 2.05) is 42.0 Å². The van der Waals surface area contributed by atoms with E-state index in [4.69, 9.17) is 4.74 Å². The molecule has 0 saturated heterocycles. The Kier molecular flexibility index (Phi) is 4.27. The van der Waals surface area contributed by atoms with Crippen LogP contribution >= 0.6 is 15.9 Å². The van der Waals surface area contributed by atoms with Crippen molar-refractivity contribution >= 4 is 32.9 Å². The molecule has 0 N–H and O–H groups in total. The quantitative estimate of drug-likeness (QED) is 0.494. The van der Waals surface area contributed by atoms with E-state index in [1.165, 1.54) is 16.2 Å². The van der Waals surface area contributed by atoms with Crippen molar-refractivity contribution in [2.24, 2.45) is 7.05 Å². The molecular formula is C18H18BrN5O3. The zero-order valence-corrected chi connectivity index (χ0v) is 16.7. The minimum absolute atomic E-state index is 0.192. The van der Waals surface area contributed by atoms with Gasteiger partial charge >= 0.3 is 5.69 Å². The first-order chi connectivity index (χ1) is 12.9. The number of fused-ring (bicyclic) bond motifs is 3. The zero-order chi connectivity index (χ0) is 19.3. The number of benzene rings is 1. The van der Waals surface area contributed by atoms with Gasteiger partial charge in [-0.25, -0.2) is 4.79 Å². The van der Waals surface area contributed by atoms with Crippen molar-refractivity contribution < 1.29 is 4.74 Å². The summed E-state index contributed by atoms with van der Waals surface area (Å²) in [7, 11) is 3.16. The highest BCUT2D eigenvalue weighted by Crippen LogP contribution is 2.22. The molecule has 0 saturated carbocycles. The molecule has 0 aliphatic carbocycles. The molecule has 0 aliphatic rings. The fourth-order valence-electron chi connectivity index (χ4n) is 3.30. The highest BCUT2D eigenvalue weighted by atomic mass is 79.9. The van der Waals surface area contributed by atoms with Crippen LogP contribution in [0.5, 0.6) is 0 Å². The molecule has 4 rings (SSSR count). The molecule has 0 spiro atoms. The number of nitrogens with zero attached hydrogens (tertiary/aromatic N) is 5. The van der Waals surface area contributed by atoms with Crippen LogP contribution in [0.15, 0.2) is 44.5 Å². The largest absolute Gasteiger partial charge is 0.383 e. The fourth-order valence-corrected chi connectivity index (χ4v) is 3.56. The molecule has 0 aliphatic heterocycles. The van der Waals surface area contributed by atoms with Crippen LogP contribution in [0, 0.1) is 6.92 Å². The summed E-state index contributed by atoms with van der Waals surface area (Å²) in [6.07, 6.45) is 1.86. The van der Waals surface area contributed by atoms with Gasteiger partial charge in [-0.15, -0.1) is 0 Å². The maximum Gasteiger partial charge on any atom is 0.332 e. The lowest BCUT2D eigenvalue weighted by atomic mass is 10.3. The number of rotatable bonds is 4. The molecule has 4 aromatic rings. The summed E-state index contributed by atoms with van der Waals surface area (Å²) in [5, 5.41) is 0. The maximum atomic E-state index is 13.0. The third-order valence-electron chi connectivity index (χ3n) is 4.63. The molecule has 1 aromatic carbocycles. The van der Waals surface area contributed by atoms with Gasteiger partial charge in [0.1, 0.15) is 0 Å². The van der Waals surface area contributed by atoms with Crippen molar-refractivity contribution in [1.82, 2.24) is 23.1 Å². The number of aryl methyl sites for hydroxylation is 2. The van der Waals surface area contributed by atoms with Crippen molar-refractivity contribution in [3.8, 4) is 5.69 Å². The van der Waals surface area contributed by atoms with Crippen molar-refractivity contribution in [1.29, 1.82) is 0 Å². The maximum absolute atomic E-state index is 13.0. The summed E-state index contributed by atoms with van der Waals surface area (Å²) in [4.78, 5) is 30.2. The van der Waals surface area contributed by atoms with Crippen molar-refractivity contribution in [2.45, 2.75) is 13.5 Å². The number of halogens is 1. The van der Waals surface area contributed by atoms with Crippen molar-refractivity contribution in [3.05, 3.63) is 61.5 Å². The van der Waals surface area contributed by atoms with Crippen LogP contribution in [0.25, 0.3) is 22.6 Å². The van der Waals surface area contributed by atoms with Crippen LogP contribution in [0.3, 0.4) is 0 Å². The third kappa shape index (κ3) is 2.65. The van der Waals surface area contributed by atoms with E-state index in [1.54, 1.807) is 11.4 Å². The number of ether oxygens (including phenoxy) is 1. The van der Waals surface area contributed by atoms with Crippen LogP contribution in [-0.2, 0) is 18.3 Å². The Balaban J connectivity index is 2.07. The van der Waals surface area contributed by atoms with Gasteiger partial charge in [0.05, 0.1) is 13.2 Å². The monoisotopic (exact) mass is 431 g/mol. The van der Waals surface area contributed by atoms with Gasteiger partial charge in [0, 0.05) is 36.2 Å². The van der Waals surface area contributed by atoms with Gasteiger partial charge in [-0.1, -0.05) is 15.9 Å². The number of methoxy groups -OCH3 is 1. The standard InChI is InChI=1S/C18H18BrN5O3/c1-11-10-23-14-15(21(2)18(26)22(16(14)25)8-9-27-3)20-17(23)24(11)13-6-4-12(19)5-7-13/h4-7,10H,8-9H2,1-3H3. The molecule has 8 nitrogen and oxygen atoms in total. The predicted octanol–water partition coefficient (Wildman–Crippen LogP) is 1.86. The summed E-state index contributed by atoms with van der Waals surface area (Å²) < 4.78 is 12.3. The molecule has 27 heavy (non-hydrogen) atoms. The van der Waals surface area contributed by atoms with E-state index in [-0.39, 0.29) is 18.7 Å². The second-order valence-electron chi connectivity index (χ2n) is 6.33. The molecule has 0 atom stereocenters. The Labute approximate surface area is 162 Å². The lowest BCUT2D eigenvalue weighted by Gasteiger charge is -2.07. The van der Waals surface area contributed by atoms with E-state index >= 15 is 0 Å². The first-order valence-corrected chi connectivity index (χ1v) is 9.18. The second kappa shape index (κ2) is 6.50. The normalized spacial score (nSPS) is 11.7. The molecular weight excluding hydrogens is 414 g/mol. The summed E-state index contributed by atoms with van der Waals surface area (Å²) in [6.45, 7) is 2.42. The first kappa shape index (κ1) is 17.7. The molecule has 0 amide bonds. The smallest absolute Gasteiger partial charge is 0.332 e. The van der Waals surface area contributed by atoms with Gasteiger partial charge in [0.15, 0.2) is 11.2 Å². The van der Waals surface area contributed by atoms with Crippen LogP contribution < -0.4 is 11.2 Å². The number of hydrogen-bond donors (Lipinski definition) is 0. The Bertz CT molecular complexity index is 1280. The topological polar surface area (TPSA) is 75.5 Å². The van der Waals surface area contributed by atoms with E-state index in [0.29, 0.717) is 16.9 Å².